The quantitative estimate of drug-likeness (QED) is 0.0325. The molecule has 0 saturated heterocycles. The fourth-order valence-electron chi connectivity index (χ4n) is 10.1. The van der Waals surface area contributed by atoms with E-state index in [2.05, 4.69) is 111 Å². The van der Waals surface area contributed by atoms with Crippen molar-refractivity contribution in [2.75, 3.05) is 17.6 Å². The van der Waals surface area contributed by atoms with E-state index in [9.17, 15) is 20.1 Å². The Labute approximate surface area is 512 Å². The van der Waals surface area contributed by atoms with Crippen molar-refractivity contribution in [2.24, 2.45) is 5.41 Å². The lowest BCUT2D eigenvalue weighted by Gasteiger charge is -2.18. The highest BCUT2D eigenvalue weighted by molar-refractivity contribution is 6.19. The molecule has 430 valence electrons. The van der Waals surface area contributed by atoms with E-state index in [1.807, 2.05) is 124 Å². The van der Waals surface area contributed by atoms with E-state index in [4.69, 9.17) is 39.5 Å². The smallest absolute Gasteiger partial charge is 0.311 e. The third-order valence-electron chi connectivity index (χ3n) is 13.8. The minimum absolute atomic E-state index is 0.130. The molecule has 0 aliphatic heterocycles. The van der Waals surface area contributed by atoms with Crippen molar-refractivity contribution in [2.45, 2.75) is 73.1 Å². The van der Waals surface area contributed by atoms with Gasteiger partial charge in [-0.15, -0.1) is 34.8 Å². The van der Waals surface area contributed by atoms with Gasteiger partial charge in [0.25, 0.3) is 0 Å². The molecule has 0 unspecified atom stereocenters. The van der Waals surface area contributed by atoms with Gasteiger partial charge in [-0.05, 0) is 183 Å². The van der Waals surface area contributed by atoms with Crippen LogP contribution in [0.3, 0.4) is 0 Å². The molecule has 5 nitrogen and oxygen atoms in total. The number of phenols is 3. The topological polar surface area (TPSA) is 87.0 Å². The largest absolute Gasteiger partial charge is 0.508 e. The lowest BCUT2D eigenvalue weighted by atomic mass is 9.87. The fraction of sp³-hybridized carbons (Fsp3) is 0.197. The second kappa shape index (κ2) is 32.1. The molecule has 0 spiro atoms. The van der Waals surface area contributed by atoms with Crippen molar-refractivity contribution in [1.29, 1.82) is 0 Å². The number of halogens is 3. The fourth-order valence-corrected chi connectivity index (χ4v) is 10.6. The third kappa shape index (κ3) is 19.0. The number of carbonyl (C=O) groups excluding carboxylic acids is 1. The molecule has 0 amide bonds. The van der Waals surface area contributed by atoms with E-state index in [1.165, 1.54) is 44.5 Å². The summed E-state index contributed by atoms with van der Waals surface area (Å²) in [5.41, 5.74) is 19.3. The van der Waals surface area contributed by atoms with Gasteiger partial charge in [0.1, 0.15) is 23.0 Å². The Morgan fingerprint density at radius 2 is 0.714 bits per heavy atom. The van der Waals surface area contributed by atoms with Crippen molar-refractivity contribution in [3.8, 4) is 23.0 Å². The molecule has 0 heterocycles. The normalized spacial score (nSPS) is 12.0. The maximum atomic E-state index is 12.2. The second-order valence-corrected chi connectivity index (χ2v) is 22.9. The number of hydrogen-bond acceptors (Lipinski definition) is 5. The van der Waals surface area contributed by atoms with Gasteiger partial charge in [-0.2, -0.15) is 0 Å². The summed E-state index contributed by atoms with van der Waals surface area (Å²) >= 11 is 18.2. The molecule has 0 aliphatic rings. The molecule has 3 N–H and O–H groups in total. The van der Waals surface area contributed by atoms with Crippen molar-refractivity contribution in [1.82, 2.24) is 0 Å². The van der Waals surface area contributed by atoms with Crippen molar-refractivity contribution in [3.63, 3.8) is 0 Å². The average molecular weight is 1170 g/mol. The SMILES string of the molecule is CC(C)(C)CC(=O)Oc1ccc(/C(=C(/CCCCl)c2ccccc2)c2cccc(O)c2)cc1.Cc1cccc(/C(=C(\CCCCl)c2ccccc2)c2ccc(O)cc2)c1.Cc1cccc(/C(=C(\CCCl)c2ccccc2)c2ccc(O)cc2)c1. The van der Waals surface area contributed by atoms with Gasteiger partial charge in [0.05, 0.1) is 6.42 Å². The predicted octanol–water partition coefficient (Wildman–Crippen LogP) is 20.7. The number of hydrogen-bond donors (Lipinski definition) is 3. The number of aromatic hydroxyl groups is 3. The molecule has 84 heavy (non-hydrogen) atoms. The molecule has 9 aromatic carbocycles. The van der Waals surface area contributed by atoms with Crippen LogP contribution in [-0.4, -0.2) is 38.9 Å². The summed E-state index contributed by atoms with van der Waals surface area (Å²) in [4.78, 5) is 12.2. The zero-order valence-electron chi connectivity index (χ0n) is 48.7. The Morgan fingerprint density at radius 1 is 0.369 bits per heavy atom. The molecule has 0 atom stereocenters. The lowest BCUT2D eigenvalue weighted by molar-refractivity contribution is -0.136. The first-order valence-corrected chi connectivity index (χ1v) is 30.1. The molecule has 9 aromatic rings. The summed E-state index contributed by atoms with van der Waals surface area (Å²) in [5, 5.41) is 29.6. The predicted molar refractivity (Wildman–Crippen MR) is 355 cm³/mol. The molecule has 0 saturated carbocycles. The standard InChI is InChI=1S/C29H31ClO3.C24H23ClO.C23H21ClO/c1-29(2,3)20-27(32)33-25-16-14-22(15-17-25)28(23-11-7-12-24(31)19-23)26(13-8-18-30)21-9-5-4-6-10-21;1-18-7-5-10-21(17-18)24(20-12-14-22(26)15-13-20)23(11-6-16-25)19-8-3-2-4-9-19;1-17-6-5-9-20(16-17)23(19-10-12-21(25)13-11-19)22(14-15-24)18-7-3-2-4-8-18/h4-7,9-12,14-17,19,31H,8,13,18,20H2,1-3H3;2-5,7-10,12-15,17,26H,6,11,16H2,1H3;2-13,16,25H,14-15H2,1H3/b28-26+;24-23+;23-22+. The van der Waals surface area contributed by atoms with Crippen LogP contribution in [0.5, 0.6) is 23.0 Å². The average Bonchev–Trinajstić information content (AvgIpc) is 3.08. The van der Waals surface area contributed by atoms with Gasteiger partial charge in [-0.3, -0.25) is 4.79 Å². The summed E-state index contributed by atoms with van der Waals surface area (Å²) in [6, 6.07) is 77.8. The lowest BCUT2D eigenvalue weighted by Crippen LogP contribution is -2.17. The maximum Gasteiger partial charge on any atom is 0.311 e. The van der Waals surface area contributed by atoms with E-state index >= 15 is 0 Å². The van der Waals surface area contributed by atoms with Crippen LogP contribution in [0.1, 0.15) is 120 Å². The van der Waals surface area contributed by atoms with Crippen LogP contribution < -0.4 is 4.74 Å². The summed E-state index contributed by atoms with van der Waals surface area (Å²) < 4.78 is 5.55. The van der Waals surface area contributed by atoms with Gasteiger partial charge in [0, 0.05) is 17.6 Å². The highest BCUT2D eigenvalue weighted by Crippen LogP contribution is 2.40. The molecular weight excluding hydrogens is 1100 g/mol. The number of aryl methyl sites for hydroxylation is 2. The van der Waals surface area contributed by atoms with Crippen LogP contribution >= 0.6 is 34.8 Å². The van der Waals surface area contributed by atoms with E-state index in [-0.39, 0.29) is 28.6 Å². The second-order valence-electron chi connectivity index (χ2n) is 21.8. The molecule has 0 aliphatic carbocycles. The summed E-state index contributed by atoms with van der Waals surface area (Å²) in [6.45, 7) is 10.2. The number of alkyl halides is 3. The summed E-state index contributed by atoms with van der Waals surface area (Å²) in [6.07, 6.45) is 4.56. The monoisotopic (exact) mass is 1170 g/mol. The van der Waals surface area contributed by atoms with Gasteiger partial charge in [-0.25, -0.2) is 0 Å². The molecule has 9 rings (SSSR count). The van der Waals surface area contributed by atoms with Gasteiger partial charge >= 0.3 is 5.97 Å². The molecule has 0 fully saturated rings. The number of allylic oxidation sites excluding steroid dienone is 3. The number of esters is 1. The Morgan fingerprint density at radius 3 is 1.06 bits per heavy atom. The number of benzene rings is 9. The van der Waals surface area contributed by atoms with Crippen molar-refractivity contribution < 1.29 is 24.9 Å². The molecule has 0 bridgehead atoms. The molecule has 0 aromatic heterocycles. The van der Waals surface area contributed by atoms with Gasteiger partial charge in [0.2, 0.25) is 0 Å². The zero-order chi connectivity index (χ0) is 59.8. The Hall–Kier alpha value is -8.06. The van der Waals surface area contributed by atoms with Crippen LogP contribution in [0.15, 0.2) is 237 Å². The minimum atomic E-state index is -0.244. The van der Waals surface area contributed by atoms with Gasteiger partial charge < -0.3 is 20.1 Å². The van der Waals surface area contributed by atoms with E-state index < -0.39 is 0 Å². The molecule has 0 radical (unpaired) electrons. The number of phenolic OH excluding ortho intramolecular Hbond substituents is 3. The van der Waals surface area contributed by atoms with Crippen LogP contribution in [-0.2, 0) is 4.79 Å². The zero-order valence-corrected chi connectivity index (χ0v) is 50.9. The van der Waals surface area contributed by atoms with Crippen LogP contribution in [0.4, 0.5) is 0 Å². The number of carbonyl (C=O) groups is 1. The summed E-state index contributed by atoms with van der Waals surface area (Å²) in [7, 11) is 0. The van der Waals surface area contributed by atoms with Crippen LogP contribution in [0.2, 0.25) is 0 Å². The molecule has 8 heteroatoms. The van der Waals surface area contributed by atoms with Gasteiger partial charge in [0.15, 0.2) is 0 Å². The Bertz CT molecular complexity index is 3600. The first-order chi connectivity index (χ1) is 40.6. The van der Waals surface area contributed by atoms with E-state index in [0.717, 1.165) is 82.2 Å². The third-order valence-corrected chi connectivity index (χ3v) is 14.6. The highest BCUT2D eigenvalue weighted by atomic mass is 35.5. The Balaban J connectivity index is 0.000000183. The van der Waals surface area contributed by atoms with E-state index in [0.29, 0.717) is 29.8 Å². The van der Waals surface area contributed by atoms with Crippen molar-refractivity contribution >= 4 is 74.2 Å². The highest BCUT2D eigenvalue weighted by Gasteiger charge is 2.20. The maximum absolute atomic E-state index is 12.2. The molecular formula is C76H75Cl3O5. The Kier molecular flexibility index (Phi) is 24.3. The van der Waals surface area contributed by atoms with Gasteiger partial charge in [-0.1, -0.05) is 220 Å². The van der Waals surface area contributed by atoms with Crippen LogP contribution in [0.25, 0.3) is 33.4 Å². The number of ether oxygens (including phenoxy) is 1. The minimum Gasteiger partial charge on any atom is -0.508 e. The number of rotatable bonds is 19. The van der Waals surface area contributed by atoms with E-state index in [1.54, 1.807) is 36.4 Å². The first kappa shape index (κ1) is 63.5. The van der Waals surface area contributed by atoms with Crippen LogP contribution in [0, 0.1) is 19.3 Å². The van der Waals surface area contributed by atoms with Crippen molar-refractivity contribution in [3.05, 3.63) is 298 Å². The first-order valence-electron chi connectivity index (χ1n) is 28.5. The summed E-state index contributed by atoms with van der Waals surface area (Å²) in [5.74, 6) is 2.78.